The van der Waals surface area contributed by atoms with Crippen molar-refractivity contribution in [2.24, 2.45) is 0 Å². The van der Waals surface area contributed by atoms with E-state index in [-0.39, 0.29) is 0 Å². The minimum atomic E-state index is -1.01. The van der Waals surface area contributed by atoms with Crippen LogP contribution in [0.4, 0.5) is 0 Å². The molecular formula is C10H22OSi. The van der Waals surface area contributed by atoms with Crippen LogP contribution in [-0.4, -0.2) is 20.4 Å². The van der Waals surface area contributed by atoms with E-state index in [1.165, 1.54) is 31.0 Å². The summed E-state index contributed by atoms with van der Waals surface area (Å²) in [6.07, 6.45) is 2.65. The average Bonchev–Trinajstić information content (AvgIpc) is 2.62. The lowest BCUT2D eigenvalue weighted by molar-refractivity contribution is 0.158. The standard InChI is InChI=1S/C10H22OSi/c1-4-12(5-2,6-3)10-8-7-9-11-10/h10H,4-9H2,1-3H3. The van der Waals surface area contributed by atoms with Crippen LogP contribution in [0.3, 0.4) is 0 Å². The average molecular weight is 186 g/mol. The van der Waals surface area contributed by atoms with Gasteiger partial charge in [-0.1, -0.05) is 38.9 Å². The highest BCUT2D eigenvalue weighted by molar-refractivity contribution is 6.80. The second-order valence-corrected chi connectivity index (χ2v) is 9.41. The third-order valence-corrected chi connectivity index (χ3v) is 9.77. The summed E-state index contributed by atoms with van der Waals surface area (Å²) in [6, 6.07) is 4.22. The summed E-state index contributed by atoms with van der Waals surface area (Å²) < 4.78 is 5.85. The molecule has 0 amide bonds. The molecule has 1 nitrogen and oxygen atoms in total. The molecule has 12 heavy (non-hydrogen) atoms. The van der Waals surface area contributed by atoms with E-state index < -0.39 is 8.07 Å². The summed E-state index contributed by atoms with van der Waals surface area (Å²) >= 11 is 0. The zero-order valence-corrected chi connectivity index (χ0v) is 9.73. The van der Waals surface area contributed by atoms with E-state index >= 15 is 0 Å². The van der Waals surface area contributed by atoms with E-state index in [0.29, 0.717) is 5.73 Å². The van der Waals surface area contributed by atoms with Crippen LogP contribution in [0.2, 0.25) is 18.1 Å². The molecule has 1 atom stereocenters. The summed E-state index contributed by atoms with van der Waals surface area (Å²) in [4.78, 5) is 0. The molecule has 0 N–H and O–H groups in total. The van der Waals surface area contributed by atoms with Gasteiger partial charge in [0.2, 0.25) is 0 Å². The minimum Gasteiger partial charge on any atom is -0.382 e. The van der Waals surface area contributed by atoms with Crippen molar-refractivity contribution in [3.63, 3.8) is 0 Å². The molecule has 1 heterocycles. The lowest BCUT2D eigenvalue weighted by Gasteiger charge is -2.33. The quantitative estimate of drug-likeness (QED) is 0.613. The zero-order chi connectivity index (χ0) is 9.03. The first-order valence-corrected chi connectivity index (χ1v) is 8.10. The Kier molecular flexibility index (Phi) is 3.78. The molecule has 0 aromatic rings. The summed E-state index contributed by atoms with van der Waals surface area (Å²) in [5, 5.41) is 0. The van der Waals surface area contributed by atoms with Gasteiger partial charge < -0.3 is 4.74 Å². The van der Waals surface area contributed by atoms with Crippen LogP contribution >= 0.6 is 0 Å². The van der Waals surface area contributed by atoms with E-state index in [1.807, 2.05) is 0 Å². The SMILES string of the molecule is CC[Si](CC)(CC)C1CCCO1. The van der Waals surface area contributed by atoms with Crippen LogP contribution < -0.4 is 0 Å². The third kappa shape index (κ3) is 1.74. The van der Waals surface area contributed by atoms with Gasteiger partial charge in [0.15, 0.2) is 0 Å². The molecule has 1 unspecified atom stereocenters. The predicted molar refractivity (Wildman–Crippen MR) is 56.2 cm³/mol. The Labute approximate surface area is 77.5 Å². The van der Waals surface area contributed by atoms with Gasteiger partial charge in [0.25, 0.3) is 0 Å². The molecule has 0 aliphatic carbocycles. The van der Waals surface area contributed by atoms with Crippen LogP contribution in [0.1, 0.15) is 33.6 Å². The van der Waals surface area contributed by atoms with Crippen LogP contribution in [0.15, 0.2) is 0 Å². The highest BCUT2D eigenvalue weighted by atomic mass is 28.3. The first kappa shape index (κ1) is 10.3. The van der Waals surface area contributed by atoms with Gasteiger partial charge in [-0.05, 0) is 12.8 Å². The summed E-state index contributed by atoms with van der Waals surface area (Å²) in [5.74, 6) is 0. The maximum Gasteiger partial charge on any atom is 0.0868 e. The highest BCUT2D eigenvalue weighted by Gasteiger charge is 2.38. The van der Waals surface area contributed by atoms with Crippen LogP contribution in [-0.2, 0) is 4.74 Å². The van der Waals surface area contributed by atoms with E-state index in [0.717, 1.165) is 6.61 Å². The molecule has 1 aliphatic rings. The molecule has 0 saturated carbocycles. The van der Waals surface area contributed by atoms with Crippen LogP contribution in [0, 0.1) is 0 Å². The third-order valence-electron chi connectivity index (χ3n) is 3.73. The molecular weight excluding hydrogens is 164 g/mol. The van der Waals surface area contributed by atoms with Crippen molar-refractivity contribution in [3.05, 3.63) is 0 Å². The normalized spacial score (nSPS) is 24.8. The smallest absolute Gasteiger partial charge is 0.0868 e. The van der Waals surface area contributed by atoms with Crippen LogP contribution in [0.5, 0.6) is 0 Å². The Morgan fingerprint density at radius 3 is 2.08 bits per heavy atom. The van der Waals surface area contributed by atoms with Gasteiger partial charge in [0, 0.05) is 12.3 Å². The lowest BCUT2D eigenvalue weighted by Crippen LogP contribution is -2.45. The first-order valence-electron chi connectivity index (χ1n) is 5.40. The van der Waals surface area contributed by atoms with Gasteiger partial charge >= 0.3 is 0 Å². The molecule has 1 fully saturated rings. The van der Waals surface area contributed by atoms with E-state index in [2.05, 4.69) is 20.8 Å². The molecule has 0 aromatic carbocycles. The minimum absolute atomic E-state index is 0.692. The molecule has 0 aromatic heterocycles. The first-order chi connectivity index (χ1) is 5.79. The molecule has 0 spiro atoms. The van der Waals surface area contributed by atoms with Crippen molar-refractivity contribution in [1.82, 2.24) is 0 Å². The number of ether oxygens (including phenoxy) is 1. The topological polar surface area (TPSA) is 9.23 Å². The fourth-order valence-electron chi connectivity index (χ4n) is 2.49. The second-order valence-electron chi connectivity index (χ2n) is 3.92. The van der Waals surface area contributed by atoms with Gasteiger partial charge in [0.1, 0.15) is 0 Å². The van der Waals surface area contributed by atoms with Gasteiger partial charge in [-0.15, -0.1) is 0 Å². The zero-order valence-electron chi connectivity index (χ0n) is 8.73. The summed E-state index contributed by atoms with van der Waals surface area (Å²) in [6.45, 7) is 8.11. The summed E-state index contributed by atoms with van der Waals surface area (Å²) in [7, 11) is -1.01. The van der Waals surface area contributed by atoms with Crippen molar-refractivity contribution >= 4 is 8.07 Å². The van der Waals surface area contributed by atoms with Crippen molar-refractivity contribution in [2.45, 2.75) is 57.5 Å². The Morgan fingerprint density at radius 2 is 1.75 bits per heavy atom. The molecule has 0 radical (unpaired) electrons. The van der Waals surface area contributed by atoms with Gasteiger partial charge in [-0.3, -0.25) is 0 Å². The number of hydrogen-bond donors (Lipinski definition) is 0. The van der Waals surface area contributed by atoms with Crippen LogP contribution in [0.25, 0.3) is 0 Å². The van der Waals surface area contributed by atoms with Crippen molar-refractivity contribution < 1.29 is 4.74 Å². The van der Waals surface area contributed by atoms with E-state index in [1.54, 1.807) is 0 Å². The Morgan fingerprint density at radius 1 is 1.17 bits per heavy atom. The summed E-state index contributed by atoms with van der Waals surface area (Å²) in [5.41, 5.74) is 0.692. The fraction of sp³-hybridized carbons (Fsp3) is 1.00. The van der Waals surface area contributed by atoms with Crippen molar-refractivity contribution in [1.29, 1.82) is 0 Å². The monoisotopic (exact) mass is 186 g/mol. The Balaban J connectivity index is 2.61. The predicted octanol–water partition coefficient (Wildman–Crippen LogP) is 3.21. The van der Waals surface area contributed by atoms with Crippen molar-refractivity contribution in [3.8, 4) is 0 Å². The van der Waals surface area contributed by atoms with E-state index in [9.17, 15) is 0 Å². The molecule has 0 bridgehead atoms. The molecule has 72 valence electrons. The highest BCUT2D eigenvalue weighted by Crippen LogP contribution is 2.31. The maximum atomic E-state index is 5.85. The van der Waals surface area contributed by atoms with Gasteiger partial charge in [-0.2, -0.15) is 0 Å². The lowest BCUT2D eigenvalue weighted by atomic mass is 10.4. The molecule has 1 saturated heterocycles. The van der Waals surface area contributed by atoms with Gasteiger partial charge in [0.05, 0.1) is 8.07 Å². The number of hydrogen-bond acceptors (Lipinski definition) is 1. The van der Waals surface area contributed by atoms with Crippen molar-refractivity contribution in [2.75, 3.05) is 6.61 Å². The Hall–Kier alpha value is 0.177. The van der Waals surface area contributed by atoms with Gasteiger partial charge in [-0.25, -0.2) is 0 Å². The maximum absolute atomic E-state index is 5.85. The fourth-order valence-corrected chi connectivity index (χ4v) is 6.65. The molecule has 1 aliphatic heterocycles. The number of rotatable bonds is 4. The van der Waals surface area contributed by atoms with E-state index in [4.69, 9.17) is 4.74 Å². The Bertz CT molecular complexity index is 118. The largest absolute Gasteiger partial charge is 0.382 e. The molecule has 2 heteroatoms. The molecule has 1 rings (SSSR count). The second kappa shape index (κ2) is 4.42.